The van der Waals surface area contributed by atoms with Gasteiger partial charge in [-0.25, -0.2) is 9.67 Å². The molecule has 0 amide bonds. The molecule has 4 rings (SSSR count). The summed E-state index contributed by atoms with van der Waals surface area (Å²) in [6, 6.07) is 13.8. The molecular formula is C23H17Cl2F2N3OS. The summed E-state index contributed by atoms with van der Waals surface area (Å²) in [4.78, 5) is 5.45. The standard InChI is InChI=1S/C23H17Cl2F2N3OS/c1-4-13-7-6-10-17(24)19(13)21-28-22(30(3)29-21)16-12-18(32-20(16)25)14-8-5-9-15(11-14)31-23(2,26)27/h4-12H,1H2,2-3H3. The molecule has 0 saturated heterocycles. The molecule has 0 fully saturated rings. The van der Waals surface area contributed by atoms with Gasteiger partial charge in [-0.15, -0.1) is 11.3 Å². The van der Waals surface area contributed by atoms with Crippen LogP contribution in [0.4, 0.5) is 8.78 Å². The summed E-state index contributed by atoms with van der Waals surface area (Å²) in [5, 5.41) is 5.04. The van der Waals surface area contributed by atoms with Gasteiger partial charge in [-0.3, -0.25) is 0 Å². The van der Waals surface area contributed by atoms with Gasteiger partial charge in [0.25, 0.3) is 0 Å². The zero-order chi connectivity index (χ0) is 23.0. The van der Waals surface area contributed by atoms with E-state index >= 15 is 0 Å². The Morgan fingerprint density at radius 2 is 1.91 bits per heavy atom. The molecule has 4 aromatic rings. The third kappa shape index (κ3) is 4.55. The van der Waals surface area contributed by atoms with Gasteiger partial charge >= 0.3 is 6.11 Å². The Labute approximate surface area is 197 Å². The molecule has 0 aliphatic heterocycles. The zero-order valence-corrected chi connectivity index (χ0v) is 19.4. The molecular weight excluding hydrogens is 475 g/mol. The molecule has 32 heavy (non-hydrogen) atoms. The van der Waals surface area contributed by atoms with Gasteiger partial charge in [0.2, 0.25) is 0 Å². The van der Waals surface area contributed by atoms with Crippen LogP contribution >= 0.6 is 34.5 Å². The third-order valence-corrected chi connectivity index (χ3v) is 6.32. The van der Waals surface area contributed by atoms with Crippen LogP contribution in [0.1, 0.15) is 12.5 Å². The molecule has 2 heterocycles. The lowest BCUT2D eigenvalue weighted by Gasteiger charge is -2.13. The number of aryl methyl sites for hydroxylation is 1. The first-order valence-electron chi connectivity index (χ1n) is 9.45. The Balaban J connectivity index is 1.74. The van der Waals surface area contributed by atoms with E-state index in [1.54, 1.807) is 42.1 Å². The predicted octanol–water partition coefficient (Wildman–Crippen LogP) is 7.82. The number of rotatable bonds is 6. The lowest BCUT2D eigenvalue weighted by molar-refractivity contribution is -0.158. The molecule has 0 saturated carbocycles. The highest BCUT2D eigenvalue weighted by Gasteiger charge is 2.24. The number of alkyl halides is 2. The van der Waals surface area contributed by atoms with Gasteiger partial charge < -0.3 is 4.74 Å². The van der Waals surface area contributed by atoms with Crippen molar-refractivity contribution in [3.05, 3.63) is 70.0 Å². The molecule has 0 spiro atoms. The predicted molar refractivity (Wildman–Crippen MR) is 127 cm³/mol. The highest BCUT2D eigenvalue weighted by atomic mass is 35.5. The van der Waals surface area contributed by atoms with Crippen LogP contribution in [0, 0.1) is 0 Å². The van der Waals surface area contributed by atoms with Crippen molar-refractivity contribution in [3.63, 3.8) is 0 Å². The van der Waals surface area contributed by atoms with Gasteiger partial charge in [0.05, 0.1) is 5.02 Å². The van der Waals surface area contributed by atoms with Crippen molar-refractivity contribution in [3.8, 4) is 39.0 Å². The van der Waals surface area contributed by atoms with E-state index in [0.717, 1.165) is 10.4 Å². The smallest absolute Gasteiger partial charge is 0.394 e. The highest BCUT2D eigenvalue weighted by Crippen LogP contribution is 2.41. The number of thiophene rings is 1. The molecule has 0 unspecified atom stereocenters. The normalized spacial score (nSPS) is 11.6. The van der Waals surface area contributed by atoms with Crippen molar-refractivity contribution < 1.29 is 13.5 Å². The Bertz CT molecular complexity index is 1310. The van der Waals surface area contributed by atoms with Crippen molar-refractivity contribution in [1.29, 1.82) is 0 Å². The second kappa shape index (κ2) is 8.65. The molecule has 0 atom stereocenters. The van der Waals surface area contributed by atoms with E-state index in [-0.39, 0.29) is 5.75 Å². The molecule has 0 N–H and O–H groups in total. The van der Waals surface area contributed by atoms with E-state index in [1.807, 2.05) is 18.2 Å². The van der Waals surface area contributed by atoms with Crippen LogP contribution in [-0.2, 0) is 7.05 Å². The summed E-state index contributed by atoms with van der Waals surface area (Å²) < 4.78 is 33.3. The van der Waals surface area contributed by atoms with Crippen molar-refractivity contribution in [1.82, 2.24) is 14.8 Å². The summed E-state index contributed by atoms with van der Waals surface area (Å²) in [7, 11) is 1.77. The summed E-state index contributed by atoms with van der Waals surface area (Å²) in [6.07, 6.45) is -1.57. The first-order chi connectivity index (χ1) is 15.2. The lowest BCUT2D eigenvalue weighted by Crippen LogP contribution is -2.18. The maximum absolute atomic E-state index is 13.2. The zero-order valence-electron chi connectivity index (χ0n) is 17.1. The number of aromatic nitrogens is 3. The SMILES string of the molecule is C=Cc1cccc(Cl)c1-c1nc(-c2cc(-c3cccc(OC(C)(F)F)c3)sc2Cl)n(C)n1. The molecule has 0 radical (unpaired) electrons. The number of benzene rings is 2. The topological polar surface area (TPSA) is 39.9 Å². The molecule has 2 aromatic heterocycles. The molecule has 164 valence electrons. The Morgan fingerprint density at radius 3 is 2.62 bits per heavy atom. The second-order valence-corrected chi connectivity index (χ2v) is 9.09. The van der Waals surface area contributed by atoms with Crippen molar-refractivity contribution in [2.24, 2.45) is 7.05 Å². The van der Waals surface area contributed by atoms with Crippen molar-refractivity contribution in [2.45, 2.75) is 13.0 Å². The fraction of sp³-hybridized carbons (Fsp3) is 0.130. The minimum absolute atomic E-state index is 0.0673. The first-order valence-corrected chi connectivity index (χ1v) is 11.0. The van der Waals surface area contributed by atoms with E-state index in [4.69, 9.17) is 23.2 Å². The van der Waals surface area contributed by atoms with E-state index in [0.29, 0.717) is 44.6 Å². The minimum Gasteiger partial charge on any atom is -0.433 e. The molecule has 0 aliphatic rings. The monoisotopic (exact) mass is 491 g/mol. The van der Waals surface area contributed by atoms with E-state index in [9.17, 15) is 8.78 Å². The second-order valence-electron chi connectivity index (χ2n) is 7.03. The van der Waals surface area contributed by atoms with Gasteiger partial charge in [0.1, 0.15) is 10.1 Å². The van der Waals surface area contributed by atoms with Crippen LogP contribution < -0.4 is 4.74 Å². The van der Waals surface area contributed by atoms with Gasteiger partial charge in [-0.05, 0) is 35.4 Å². The van der Waals surface area contributed by atoms with E-state index < -0.39 is 6.11 Å². The molecule has 2 aromatic carbocycles. The fourth-order valence-electron chi connectivity index (χ4n) is 3.26. The van der Waals surface area contributed by atoms with Gasteiger partial charge in [-0.2, -0.15) is 13.9 Å². The summed E-state index contributed by atoms with van der Waals surface area (Å²) in [5.41, 5.74) is 2.87. The number of hydrogen-bond acceptors (Lipinski definition) is 4. The van der Waals surface area contributed by atoms with Gasteiger partial charge in [0.15, 0.2) is 11.6 Å². The number of halogens is 4. The van der Waals surface area contributed by atoms with Crippen LogP contribution in [0.2, 0.25) is 9.36 Å². The van der Waals surface area contributed by atoms with Gasteiger partial charge in [-0.1, -0.05) is 60.1 Å². The van der Waals surface area contributed by atoms with E-state index in [1.165, 1.54) is 17.4 Å². The fourth-order valence-corrected chi connectivity index (χ4v) is 4.78. The number of ether oxygens (including phenoxy) is 1. The third-order valence-electron chi connectivity index (χ3n) is 4.60. The highest BCUT2D eigenvalue weighted by molar-refractivity contribution is 7.20. The minimum atomic E-state index is -3.27. The number of nitrogens with zero attached hydrogens (tertiary/aromatic N) is 3. The van der Waals surface area contributed by atoms with Gasteiger partial charge in [0, 0.05) is 30.0 Å². The summed E-state index contributed by atoms with van der Waals surface area (Å²) >= 11 is 14.2. The Hall–Kier alpha value is -2.74. The molecule has 0 aliphatic carbocycles. The maximum Gasteiger partial charge on any atom is 0.394 e. The van der Waals surface area contributed by atoms with Crippen LogP contribution in [0.5, 0.6) is 5.75 Å². The average Bonchev–Trinajstić information content (AvgIpc) is 3.29. The average molecular weight is 492 g/mol. The molecule has 0 bridgehead atoms. The first kappa shape index (κ1) is 22.5. The van der Waals surface area contributed by atoms with Crippen molar-refractivity contribution in [2.75, 3.05) is 0 Å². The Kier molecular flexibility index (Phi) is 6.07. The largest absolute Gasteiger partial charge is 0.433 e. The maximum atomic E-state index is 13.2. The lowest BCUT2D eigenvalue weighted by atomic mass is 10.1. The molecule has 9 heteroatoms. The molecule has 4 nitrogen and oxygen atoms in total. The van der Waals surface area contributed by atoms with E-state index in [2.05, 4.69) is 21.4 Å². The Morgan fingerprint density at radius 1 is 1.16 bits per heavy atom. The summed E-state index contributed by atoms with van der Waals surface area (Å²) in [6.45, 7) is 4.52. The number of hydrogen-bond donors (Lipinski definition) is 0. The van der Waals surface area contributed by atoms with Crippen molar-refractivity contribution >= 4 is 40.6 Å². The van der Waals surface area contributed by atoms with Crippen LogP contribution in [-0.4, -0.2) is 20.9 Å². The summed E-state index contributed by atoms with van der Waals surface area (Å²) in [5.74, 6) is 1.07. The van der Waals surface area contributed by atoms with Crippen LogP contribution in [0.3, 0.4) is 0 Å². The van der Waals surface area contributed by atoms with Crippen LogP contribution in [0.15, 0.2) is 55.1 Å². The quantitative estimate of drug-likeness (QED) is 0.276. The van der Waals surface area contributed by atoms with Crippen LogP contribution in [0.25, 0.3) is 39.3 Å².